The van der Waals surface area contributed by atoms with Crippen LogP contribution in [0, 0.1) is 0 Å². The van der Waals surface area contributed by atoms with Crippen LogP contribution in [0.2, 0.25) is 0 Å². The number of hydrogen-bond acceptors (Lipinski definition) is 4. The lowest BCUT2D eigenvalue weighted by Crippen LogP contribution is -2.46. The lowest BCUT2D eigenvalue weighted by Gasteiger charge is -2.32. The standard InChI is InChI=1S/C17H16N4O2S/c1-18-16(22)13-10-20(9-12-6-7-19-21(12)13)17(23)15-8-11-4-2-3-5-14(11)24-15/h2-8,13H,9-10H2,1H3,(H,18,22). The maximum Gasteiger partial charge on any atom is 0.264 e. The monoisotopic (exact) mass is 340 g/mol. The number of benzene rings is 1. The van der Waals surface area contributed by atoms with Crippen LogP contribution in [0.3, 0.4) is 0 Å². The molecule has 122 valence electrons. The zero-order valence-corrected chi connectivity index (χ0v) is 13.9. The van der Waals surface area contributed by atoms with E-state index < -0.39 is 6.04 Å². The molecule has 6 nitrogen and oxygen atoms in total. The van der Waals surface area contributed by atoms with E-state index in [2.05, 4.69) is 10.4 Å². The van der Waals surface area contributed by atoms with Crippen molar-refractivity contribution in [3.8, 4) is 0 Å². The van der Waals surface area contributed by atoms with Gasteiger partial charge < -0.3 is 10.2 Å². The van der Waals surface area contributed by atoms with Crippen LogP contribution in [-0.2, 0) is 11.3 Å². The maximum atomic E-state index is 12.9. The van der Waals surface area contributed by atoms with Gasteiger partial charge in [0.25, 0.3) is 5.91 Å². The fourth-order valence-corrected chi connectivity index (χ4v) is 4.08. The first kappa shape index (κ1) is 14.9. The van der Waals surface area contributed by atoms with Crippen molar-refractivity contribution < 1.29 is 9.59 Å². The Morgan fingerprint density at radius 2 is 2.12 bits per heavy atom. The van der Waals surface area contributed by atoms with Crippen molar-refractivity contribution >= 4 is 33.2 Å². The van der Waals surface area contributed by atoms with Gasteiger partial charge >= 0.3 is 0 Å². The number of rotatable bonds is 2. The Balaban J connectivity index is 1.66. The van der Waals surface area contributed by atoms with E-state index in [0.29, 0.717) is 18.0 Å². The number of thiophene rings is 1. The summed E-state index contributed by atoms with van der Waals surface area (Å²) in [5, 5.41) is 7.95. The molecule has 0 bridgehead atoms. The van der Waals surface area contributed by atoms with Crippen molar-refractivity contribution in [2.45, 2.75) is 12.6 Å². The van der Waals surface area contributed by atoms with Crippen LogP contribution in [-0.4, -0.2) is 40.1 Å². The third-order valence-corrected chi connectivity index (χ3v) is 5.37. The normalized spacial score (nSPS) is 16.9. The SMILES string of the molecule is CNC(=O)C1CN(C(=O)c2cc3ccccc3s2)Cc2ccnn21. The molecule has 0 saturated heterocycles. The molecule has 24 heavy (non-hydrogen) atoms. The molecule has 1 aliphatic heterocycles. The molecule has 7 heteroatoms. The fourth-order valence-electron chi connectivity index (χ4n) is 3.05. The highest BCUT2D eigenvalue weighted by Crippen LogP contribution is 2.28. The summed E-state index contributed by atoms with van der Waals surface area (Å²) in [4.78, 5) is 27.5. The van der Waals surface area contributed by atoms with E-state index in [9.17, 15) is 9.59 Å². The molecule has 0 radical (unpaired) electrons. The first-order valence-electron chi connectivity index (χ1n) is 7.69. The van der Waals surface area contributed by atoms with Gasteiger partial charge in [-0.15, -0.1) is 11.3 Å². The number of carbonyl (C=O) groups is 2. The minimum atomic E-state index is -0.493. The summed E-state index contributed by atoms with van der Waals surface area (Å²) in [6.45, 7) is 0.780. The smallest absolute Gasteiger partial charge is 0.264 e. The van der Waals surface area contributed by atoms with Gasteiger partial charge in [-0.2, -0.15) is 5.10 Å². The zero-order valence-electron chi connectivity index (χ0n) is 13.1. The fraction of sp³-hybridized carbons (Fsp3) is 0.235. The van der Waals surface area contributed by atoms with Gasteiger partial charge in [0.2, 0.25) is 5.91 Å². The van der Waals surface area contributed by atoms with Crippen molar-refractivity contribution in [2.24, 2.45) is 0 Å². The largest absolute Gasteiger partial charge is 0.357 e. The molecule has 0 fully saturated rings. The van der Waals surface area contributed by atoms with Crippen LogP contribution in [0.25, 0.3) is 10.1 Å². The van der Waals surface area contributed by atoms with Crippen molar-refractivity contribution in [2.75, 3.05) is 13.6 Å². The Kier molecular flexibility index (Phi) is 3.57. The van der Waals surface area contributed by atoms with E-state index >= 15 is 0 Å². The van der Waals surface area contributed by atoms with Gasteiger partial charge in [-0.1, -0.05) is 18.2 Å². The highest BCUT2D eigenvalue weighted by Gasteiger charge is 2.33. The van der Waals surface area contributed by atoms with Gasteiger partial charge in [-0.25, -0.2) is 0 Å². The van der Waals surface area contributed by atoms with Gasteiger partial charge in [0, 0.05) is 17.9 Å². The van der Waals surface area contributed by atoms with Crippen LogP contribution >= 0.6 is 11.3 Å². The highest BCUT2D eigenvalue weighted by molar-refractivity contribution is 7.20. The Hall–Kier alpha value is -2.67. The molecular formula is C17H16N4O2S. The minimum absolute atomic E-state index is 0.0439. The van der Waals surface area contributed by atoms with E-state index in [-0.39, 0.29) is 11.8 Å². The predicted octanol–water partition coefficient (Wildman–Crippen LogP) is 2.04. The molecule has 1 unspecified atom stereocenters. The second-order valence-corrected chi connectivity index (χ2v) is 6.82. The van der Waals surface area contributed by atoms with Crippen LogP contribution in [0.15, 0.2) is 42.6 Å². The second-order valence-electron chi connectivity index (χ2n) is 5.73. The first-order chi connectivity index (χ1) is 11.7. The van der Waals surface area contributed by atoms with E-state index in [1.54, 1.807) is 22.8 Å². The number of fused-ring (bicyclic) bond motifs is 2. The quantitative estimate of drug-likeness (QED) is 0.776. The summed E-state index contributed by atoms with van der Waals surface area (Å²) in [5.41, 5.74) is 0.865. The third kappa shape index (κ3) is 2.37. The number of aromatic nitrogens is 2. The second kappa shape index (κ2) is 5.76. The van der Waals surface area contributed by atoms with Crippen LogP contribution in [0.5, 0.6) is 0 Å². The van der Waals surface area contributed by atoms with Crippen LogP contribution in [0.4, 0.5) is 0 Å². The molecule has 1 N–H and O–H groups in total. The van der Waals surface area contributed by atoms with Gasteiger partial charge in [0.1, 0.15) is 6.04 Å². The molecule has 3 heterocycles. The molecular weight excluding hydrogens is 324 g/mol. The number of nitrogens with zero attached hydrogens (tertiary/aromatic N) is 3. The summed E-state index contributed by atoms with van der Waals surface area (Å²) in [7, 11) is 1.60. The summed E-state index contributed by atoms with van der Waals surface area (Å²) in [6, 6.07) is 11.2. The molecule has 2 amide bonds. The number of likely N-dealkylation sites (N-methyl/N-ethyl adjacent to an activating group) is 1. The topological polar surface area (TPSA) is 67.2 Å². The van der Waals surface area contributed by atoms with Crippen molar-refractivity contribution in [1.82, 2.24) is 20.0 Å². The average molecular weight is 340 g/mol. The number of amides is 2. The first-order valence-corrected chi connectivity index (χ1v) is 8.51. The summed E-state index contributed by atoms with van der Waals surface area (Å²) < 4.78 is 2.79. The molecule has 0 aliphatic carbocycles. The maximum absolute atomic E-state index is 12.9. The van der Waals surface area contributed by atoms with Crippen molar-refractivity contribution in [3.63, 3.8) is 0 Å². The minimum Gasteiger partial charge on any atom is -0.357 e. The lowest BCUT2D eigenvalue weighted by molar-refractivity contribution is -0.125. The Morgan fingerprint density at radius 1 is 1.29 bits per heavy atom. The molecule has 4 rings (SSSR count). The van der Waals surface area contributed by atoms with Gasteiger partial charge in [0.05, 0.1) is 23.7 Å². The third-order valence-electron chi connectivity index (χ3n) is 4.27. The van der Waals surface area contributed by atoms with Crippen LogP contribution < -0.4 is 5.32 Å². The average Bonchev–Trinajstić information content (AvgIpc) is 3.25. The number of carbonyl (C=O) groups excluding carboxylic acids is 2. The van der Waals surface area contributed by atoms with Gasteiger partial charge in [0.15, 0.2) is 0 Å². The van der Waals surface area contributed by atoms with E-state index in [1.807, 2.05) is 36.4 Å². The molecule has 1 atom stereocenters. The zero-order chi connectivity index (χ0) is 16.7. The highest BCUT2D eigenvalue weighted by atomic mass is 32.1. The molecule has 3 aromatic rings. The Labute approximate surface area is 142 Å². The van der Waals surface area contributed by atoms with Crippen LogP contribution in [0.1, 0.15) is 21.4 Å². The molecule has 2 aromatic heterocycles. The van der Waals surface area contributed by atoms with Crippen molar-refractivity contribution in [1.29, 1.82) is 0 Å². The molecule has 0 saturated carbocycles. The van der Waals surface area contributed by atoms with Gasteiger partial charge in [-0.3, -0.25) is 14.3 Å². The molecule has 0 spiro atoms. The summed E-state index contributed by atoms with van der Waals surface area (Å²) >= 11 is 1.48. The number of hydrogen-bond donors (Lipinski definition) is 1. The predicted molar refractivity (Wildman–Crippen MR) is 91.9 cm³/mol. The molecule has 1 aromatic carbocycles. The number of nitrogens with one attached hydrogen (secondary N) is 1. The van der Waals surface area contributed by atoms with E-state index in [1.165, 1.54) is 11.3 Å². The summed E-state index contributed by atoms with van der Waals surface area (Å²) in [6.07, 6.45) is 1.67. The summed E-state index contributed by atoms with van der Waals surface area (Å²) in [5.74, 6) is -0.189. The Bertz CT molecular complexity index is 896. The van der Waals surface area contributed by atoms with E-state index in [0.717, 1.165) is 15.8 Å². The van der Waals surface area contributed by atoms with Crippen molar-refractivity contribution in [3.05, 3.63) is 53.2 Å². The molecule has 1 aliphatic rings. The lowest BCUT2D eigenvalue weighted by atomic mass is 10.1. The van der Waals surface area contributed by atoms with Gasteiger partial charge in [-0.05, 0) is 23.6 Å². The Morgan fingerprint density at radius 3 is 2.92 bits per heavy atom. The van der Waals surface area contributed by atoms with E-state index in [4.69, 9.17) is 0 Å².